The van der Waals surface area contributed by atoms with E-state index in [1.54, 1.807) is 6.20 Å². The number of aromatic nitrogens is 4. The van der Waals surface area contributed by atoms with Crippen LogP contribution in [0.1, 0.15) is 0 Å². The lowest BCUT2D eigenvalue weighted by Gasteiger charge is -2.36. The quantitative estimate of drug-likeness (QED) is 0.612. The van der Waals surface area contributed by atoms with Gasteiger partial charge in [-0.1, -0.05) is 0 Å². The molecule has 5 rings (SSSR count). The average molecular weight is 330 g/mol. The largest absolute Gasteiger partial charge is 0.368 e. The first-order valence-electron chi connectivity index (χ1n) is 8.51. The first-order valence-corrected chi connectivity index (χ1v) is 8.51. The van der Waals surface area contributed by atoms with Crippen LogP contribution < -0.4 is 9.80 Å². The predicted molar refractivity (Wildman–Crippen MR) is 100 cm³/mol. The molecule has 0 amide bonds. The molecular formula is C19H18N6. The van der Waals surface area contributed by atoms with Crippen LogP contribution in [0.2, 0.25) is 0 Å². The topological polar surface area (TPSA) is 60.9 Å². The van der Waals surface area contributed by atoms with E-state index in [1.807, 2.05) is 24.7 Å². The SMILES string of the molecule is c1cc(N2CCN(c3ccc4c(n3)[nH]c3ccncc34)CC2)ccn1. The molecule has 0 aliphatic carbocycles. The van der Waals surface area contributed by atoms with E-state index in [4.69, 9.17) is 4.98 Å². The Hall–Kier alpha value is -3.15. The van der Waals surface area contributed by atoms with Crippen molar-refractivity contribution in [1.82, 2.24) is 19.9 Å². The van der Waals surface area contributed by atoms with Crippen molar-refractivity contribution < 1.29 is 0 Å². The van der Waals surface area contributed by atoms with E-state index in [0.29, 0.717) is 0 Å². The summed E-state index contributed by atoms with van der Waals surface area (Å²) in [6.07, 6.45) is 7.39. The summed E-state index contributed by atoms with van der Waals surface area (Å²) in [6, 6.07) is 10.4. The van der Waals surface area contributed by atoms with Crippen LogP contribution in [0.4, 0.5) is 11.5 Å². The van der Waals surface area contributed by atoms with Crippen LogP contribution in [0, 0.1) is 0 Å². The Morgan fingerprint density at radius 3 is 2.36 bits per heavy atom. The summed E-state index contributed by atoms with van der Waals surface area (Å²) in [4.78, 5) is 21.3. The van der Waals surface area contributed by atoms with Crippen molar-refractivity contribution in [2.45, 2.75) is 0 Å². The van der Waals surface area contributed by atoms with Crippen LogP contribution in [-0.4, -0.2) is 46.1 Å². The van der Waals surface area contributed by atoms with Crippen molar-refractivity contribution in [3.63, 3.8) is 0 Å². The average Bonchev–Trinajstić information content (AvgIpc) is 3.06. The first kappa shape index (κ1) is 14.2. The molecule has 0 saturated carbocycles. The molecule has 1 saturated heterocycles. The molecule has 1 fully saturated rings. The Morgan fingerprint density at radius 2 is 1.52 bits per heavy atom. The number of anilines is 2. The molecule has 0 aromatic carbocycles. The van der Waals surface area contributed by atoms with Gasteiger partial charge in [-0.25, -0.2) is 4.98 Å². The normalized spacial score (nSPS) is 15.2. The minimum absolute atomic E-state index is 0.928. The van der Waals surface area contributed by atoms with Gasteiger partial charge in [0.25, 0.3) is 0 Å². The lowest BCUT2D eigenvalue weighted by atomic mass is 10.2. The Balaban J connectivity index is 1.40. The summed E-state index contributed by atoms with van der Waals surface area (Å²) in [6.45, 7) is 3.89. The van der Waals surface area contributed by atoms with Crippen molar-refractivity contribution in [3.05, 3.63) is 55.1 Å². The molecule has 1 aliphatic heterocycles. The lowest BCUT2D eigenvalue weighted by Crippen LogP contribution is -2.46. The summed E-state index contributed by atoms with van der Waals surface area (Å²) in [5, 5.41) is 2.25. The fraction of sp³-hybridized carbons (Fsp3) is 0.211. The molecule has 1 N–H and O–H groups in total. The minimum Gasteiger partial charge on any atom is -0.368 e. The summed E-state index contributed by atoms with van der Waals surface area (Å²) in [5.41, 5.74) is 3.25. The zero-order valence-corrected chi connectivity index (χ0v) is 13.8. The molecule has 0 atom stereocenters. The molecule has 6 nitrogen and oxygen atoms in total. The van der Waals surface area contributed by atoms with Crippen molar-refractivity contribution in [2.75, 3.05) is 36.0 Å². The number of pyridine rings is 3. The highest BCUT2D eigenvalue weighted by molar-refractivity contribution is 6.05. The number of piperazine rings is 1. The fourth-order valence-electron chi connectivity index (χ4n) is 3.53. The third kappa shape index (κ3) is 2.46. The number of H-pyrrole nitrogens is 1. The molecule has 0 spiro atoms. The van der Waals surface area contributed by atoms with Crippen LogP contribution in [0.3, 0.4) is 0 Å². The highest BCUT2D eigenvalue weighted by atomic mass is 15.3. The van der Waals surface area contributed by atoms with E-state index in [-0.39, 0.29) is 0 Å². The molecule has 4 aromatic heterocycles. The van der Waals surface area contributed by atoms with Gasteiger partial charge in [-0.15, -0.1) is 0 Å². The monoisotopic (exact) mass is 330 g/mol. The van der Waals surface area contributed by atoms with Crippen LogP contribution in [0.25, 0.3) is 21.9 Å². The van der Waals surface area contributed by atoms with E-state index in [1.165, 1.54) is 5.69 Å². The molecule has 0 radical (unpaired) electrons. The molecule has 1 aliphatic rings. The van der Waals surface area contributed by atoms with Crippen molar-refractivity contribution in [3.8, 4) is 0 Å². The number of hydrogen-bond acceptors (Lipinski definition) is 5. The van der Waals surface area contributed by atoms with Gasteiger partial charge < -0.3 is 14.8 Å². The van der Waals surface area contributed by atoms with Crippen LogP contribution in [0.15, 0.2) is 55.1 Å². The zero-order chi connectivity index (χ0) is 16.6. The highest BCUT2D eigenvalue weighted by Crippen LogP contribution is 2.26. The van der Waals surface area contributed by atoms with E-state index in [2.05, 4.69) is 49.0 Å². The standard InChI is InChI=1S/C19H18N6/c1-2-18(23-19-15(1)16-13-21-8-5-17(16)22-19)25-11-9-24(10-12-25)14-3-6-20-7-4-14/h1-8,13H,9-12H2,(H,22,23). The van der Waals surface area contributed by atoms with Gasteiger partial charge in [0.1, 0.15) is 11.5 Å². The Kier molecular flexibility index (Phi) is 3.26. The van der Waals surface area contributed by atoms with Gasteiger partial charge in [0, 0.05) is 67.4 Å². The van der Waals surface area contributed by atoms with E-state index >= 15 is 0 Å². The Labute approximate surface area is 145 Å². The van der Waals surface area contributed by atoms with Crippen molar-refractivity contribution in [2.24, 2.45) is 0 Å². The maximum absolute atomic E-state index is 4.85. The second-order valence-electron chi connectivity index (χ2n) is 6.29. The third-order valence-electron chi connectivity index (χ3n) is 4.88. The van der Waals surface area contributed by atoms with E-state index in [9.17, 15) is 0 Å². The summed E-state index contributed by atoms with van der Waals surface area (Å²) in [5.74, 6) is 1.03. The second kappa shape index (κ2) is 5.73. The summed E-state index contributed by atoms with van der Waals surface area (Å²) < 4.78 is 0. The van der Waals surface area contributed by atoms with E-state index < -0.39 is 0 Å². The number of hydrogen-bond donors (Lipinski definition) is 1. The first-order chi connectivity index (χ1) is 12.4. The number of rotatable bonds is 2. The van der Waals surface area contributed by atoms with Gasteiger partial charge >= 0.3 is 0 Å². The van der Waals surface area contributed by atoms with Crippen molar-refractivity contribution >= 4 is 33.4 Å². The number of nitrogens with one attached hydrogen (secondary N) is 1. The molecular weight excluding hydrogens is 312 g/mol. The maximum Gasteiger partial charge on any atom is 0.140 e. The molecule has 0 unspecified atom stereocenters. The van der Waals surface area contributed by atoms with Gasteiger partial charge in [-0.3, -0.25) is 9.97 Å². The fourth-order valence-corrected chi connectivity index (χ4v) is 3.53. The molecule has 124 valence electrons. The Bertz CT molecular complexity index is 1020. The zero-order valence-electron chi connectivity index (χ0n) is 13.8. The van der Waals surface area contributed by atoms with Crippen molar-refractivity contribution in [1.29, 1.82) is 0 Å². The molecule has 5 heterocycles. The van der Waals surface area contributed by atoms with Crippen LogP contribution >= 0.6 is 0 Å². The van der Waals surface area contributed by atoms with Gasteiger partial charge in [0.05, 0.1) is 5.52 Å². The van der Waals surface area contributed by atoms with E-state index in [0.717, 1.165) is 53.9 Å². The number of nitrogens with zero attached hydrogens (tertiary/aromatic N) is 5. The summed E-state index contributed by atoms with van der Waals surface area (Å²) in [7, 11) is 0. The molecule has 4 aromatic rings. The molecule has 0 bridgehead atoms. The predicted octanol–water partition coefficient (Wildman–Crippen LogP) is 2.83. The number of aromatic amines is 1. The maximum atomic E-state index is 4.85. The number of fused-ring (bicyclic) bond motifs is 3. The second-order valence-corrected chi connectivity index (χ2v) is 6.29. The molecule has 25 heavy (non-hydrogen) atoms. The van der Waals surface area contributed by atoms with Gasteiger partial charge in [0.15, 0.2) is 0 Å². The van der Waals surface area contributed by atoms with Crippen LogP contribution in [-0.2, 0) is 0 Å². The third-order valence-corrected chi connectivity index (χ3v) is 4.88. The Morgan fingerprint density at radius 1 is 0.760 bits per heavy atom. The minimum atomic E-state index is 0.928. The summed E-state index contributed by atoms with van der Waals surface area (Å²) >= 11 is 0. The van der Waals surface area contributed by atoms with Gasteiger partial charge in [-0.05, 0) is 30.3 Å². The smallest absolute Gasteiger partial charge is 0.140 e. The molecule has 6 heteroatoms. The lowest BCUT2D eigenvalue weighted by molar-refractivity contribution is 0.648. The highest BCUT2D eigenvalue weighted by Gasteiger charge is 2.19. The van der Waals surface area contributed by atoms with Gasteiger partial charge in [0.2, 0.25) is 0 Å². The van der Waals surface area contributed by atoms with Gasteiger partial charge in [-0.2, -0.15) is 0 Å². The van der Waals surface area contributed by atoms with Crippen LogP contribution in [0.5, 0.6) is 0 Å².